The Morgan fingerprint density at radius 3 is 2.92 bits per heavy atom. The van der Waals surface area contributed by atoms with Crippen LogP contribution >= 0.6 is 11.8 Å². The molecule has 0 saturated carbocycles. The lowest BCUT2D eigenvalue weighted by Crippen LogP contribution is -2.24. The van der Waals surface area contributed by atoms with Crippen LogP contribution in [0, 0.1) is 5.92 Å². The first kappa shape index (κ1) is 11.1. The van der Waals surface area contributed by atoms with E-state index in [1.54, 1.807) is 0 Å². The minimum Gasteiger partial charge on any atom is -0.311 e. The first-order valence-corrected chi connectivity index (χ1v) is 6.32. The van der Waals surface area contributed by atoms with E-state index in [0.717, 1.165) is 12.5 Å². The molecular formula is C11H21NS. The van der Waals surface area contributed by atoms with Crippen molar-refractivity contribution < 1.29 is 0 Å². The second-order valence-electron chi connectivity index (χ2n) is 4.17. The molecule has 1 nitrogen and oxygen atoms in total. The van der Waals surface area contributed by atoms with E-state index < -0.39 is 0 Å². The van der Waals surface area contributed by atoms with Crippen LogP contribution in [-0.2, 0) is 0 Å². The van der Waals surface area contributed by atoms with Crippen LogP contribution in [0.4, 0.5) is 0 Å². The molecule has 0 aliphatic carbocycles. The summed E-state index contributed by atoms with van der Waals surface area (Å²) < 4.78 is 0. The van der Waals surface area contributed by atoms with Gasteiger partial charge in [0.05, 0.1) is 0 Å². The molecule has 0 aromatic heterocycles. The Balaban J connectivity index is 2.24. The molecule has 0 aromatic rings. The number of hydrogen-bond acceptors (Lipinski definition) is 2. The summed E-state index contributed by atoms with van der Waals surface area (Å²) in [6, 6.07) is 0.598. The van der Waals surface area contributed by atoms with Crippen molar-refractivity contribution in [3.63, 3.8) is 0 Å². The van der Waals surface area contributed by atoms with Crippen molar-refractivity contribution in [3.8, 4) is 0 Å². The number of hydrogen-bond donors (Lipinski definition) is 1. The highest BCUT2D eigenvalue weighted by atomic mass is 32.2. The van der Waals surface area contributed by atoms with E-state index in [1.165, 1.54) is 23.5 Å². The molecule has 1 unspecified atom stereocenters. The standard InChI is InChI=1S/C11H21NS/c1-9(2)12-7-10(3)6-11-4-5-13-8-11/h6,9,11-12H,4-5,7-8H2,1-3H3. The van der Waals surface area contributed by atoms with E-state index in [0.29, 0.717) is 6.04 Å². The maximum Gasteiger partial charge on any atom is 0.0164 e. The maximum atomic E-state index is 3.44. The van der Waals surface area contributed by atoms with Gasteiger partial charge in [-0.1, -0.05) is 25.5 Å². The molecule has 1 N–H and O–H groups in total. The SMILES string of the molecule is CC(=CC1CCSC1)CNC(C)C. The van der Waals surface area contributed by atoms with E-state index in [-0.39, 0.29) is 0 Å². The van der Waals surface area contributed by atoms with Gasteiger partial charge in [0.2, 0.25) is 0 Å². The Morgan fingerprint density at radius 1 is 1.62 bits per heavy atom. The van der Waals surface area contributed by atoms with Crippen molar-refractivity contribution in [2.75, 3.05) is 18.1 Å². The predicted molar refractivity (Wildman–Crippen MR) is 62.3 cm³/mol. The van der Waals surface area contributed by atoms with Crippen LogP contribution in [0.1, 0.15) is 27.2 Å². The van der Waals surface area contributed by atoms with E-state index >= 15 is 0 Å². The zero-order valence-electron chi connectivity index (χ0n) is 8.97. The van der Waals surface area contributed by atoms with Crippen LogP contribution < -0.4 is 5.32 Å². The monoisotopic (exact) mass is 199 g/mol. The highest BCUT2D eigenvalue weighted by Gasteiger charge is 2.12. The van der Waals surface area contributed by atoms with E-state index in [4.69, 9.17) is 0 Å². The Hall–Kier alpha value is 0.0500. The normalized spacial score (nSPS) is 24.3. The minimum atomic E-state index is 0.598. The molecule has 1 rings (SSSR count). The first-order valence-electron chi connectivity index (χ1n) is 5.17. The molecule has 1 fully saturated rings. The molecule has 0 aromatic carbocycles. The number of nitrogens with one attached hydrogen (secondary N) is 1. The van der Waals surface area contributed by atoms with Crippen LogP contribution in [0.25, 0.3) is 0 Å². The second kappa shape index (κ2) is 5.71. The minimum absolute atomic E-state index is 0.598. The number of thioether (sulfide) groups is 1. The highest BCUT2D eigenvalue weighted by molar-refractivity contribution is 7.99. The molecule has 1 heterocycles. The molecule has 1 aliphatic heterocycles. The van der Waals surface area contributed by atoms with Crippen LogP contribution in [0.2, 0.25) is 0 Å². The van der Waals surface area contributed by atoms with Crippen LogP contribution in [-0.4, -0.2) is 24.1 Å². The van der Waals surface area contributed by atoms with E-state index in [1.807, 2.05) is 0 Å². The Labute approximate surface area is 86.4 Å². The van der Waals surface area contributed by atoms with Crippen LogP contribution in [0.15, 0.2) is 11.6 Å². The van der Waals surface area contributed by atoms with E-state index in [2.05, 4.69) is 43.9 Å². The molecular weight excluding hydrogens is 178 g/mol. The summed E-state index contributed by atoms with van der Waals surface area (Å²) in [6.45, 7) is 7.68. The largest absolute Gasteiger partial charge is 0.311 e. The molecule has 2 heteroatoms. The van der Waals surface area contributed by atoms with Crippen molar-refractivity contribution in [1.82, 2.24) is 5.32 Å². The third-order valence-corrected chi connectivity index (χ3v) is 3.46. The zero-order valence-corrected chi connectivity index (χ0v) is 9.79. The predicted octanol–water partition coefficient (Wildman–Crippen LogP) is 2.68. The van der Waals surface area contributed by atoms with Gasteiger partial charge < -0.3 is 5.32 Å². The molecule has 0 spiro atoms. The average molecular weight is 199 g/mol. The van der Waals surface area contributed by atoms with Gasteiger partial charge in [-0.3, -0.25) is 0 Å². The number of rotatable bonds is 4. The molecule has 0 bridgehead atoms. The fourth-order valence-corrected chi connectivity index (χ4v) is 2.71. The fourth-order valence-electron chi connectivity index (χ4n) is 1.51. The topological polar surface area (TPSA) is 12.0 Å². The fraction of sp³-hybridized carbons (Fsp3) is 0.818. The second-order valence-corrected chi connectivity index (χ2v) is 5.32. The summed E-state index contributed by atoms with van der Waals surface area (Å²) in [7, 11) is 0. The van der Waals surface area contributed by atoms with Crippen molar-refractivity contribution >= 4 is 11.8 Å². The van der Waals surface area contributed by atoms with Gasteiger partial charge in [-0.2, -0.15) is 11.8 Å². The quantitative estimate of drug-likeness (QED) is 0.699. The summed E-state index contributed by atoms with van der Waals surface area (Å²) in [5.74, 6) is 3.53. The maximum absolute atomic E-state index is 3.44. The van der Waals surface area contributed by atoms with Gasteiger partial charge in [0.25, 0.3) is 0 Å². The third-order valence-electron chi connectivity index (χ3n) is 2.27. The van der Waals surface area contributed by atoms with Gasteiger partial charge >= 0.3 is 0 Å². The molecule has 0 radical (unpaired) electrons. The van der Waals surface area contributed by atoms with Gasteiger partial charge in [0.1, 0.15) is 0 Å². The molecule has 0 amide bonds. The Morgan fingerprint density at radius 2 is 2.38 bits per heavy atom. The Bertz CT molecular complexity index is 169. The Kier molecular flexibility index (Phi) is 4.89. The zero-order chi connectivity index (χ0) is 9.68. The number of allylic oxidation sites excluding steroid dienone is 1. The van der Waals surface area contributed by atoms with Crippen molar-refractivity contribution in [3.05, 3.63) is 11.6 Å². The van der Waals surface area contributed by atoms with Gasteiger partial charge in [0.15, 0.2) is 0 Å². The lowest BCUT2D eigenvalue weighted by molar-refractivity contribution is 0.616. The smallest absolute Gasteiger partial charge is 0.0164 e. The average Bonchev–Trinajstić information content (AvgIpc) is 2.53. The molecule has 1 saturated heterocycles. The summed E-state index contributed by atoms with van der Waals surface area (Å²) in [4.78, 5) is 0. The summed E-state index contributed by atoms with van der Waals surface area (Å²) in [6.07, 6.45) is 3.83. The first-order chi connectivity index (χ1) is 6.18. The van der Waals surface area contributed by atoms with Gasteiger partial charge in [-0.05, 0) is 30.8 Å². The van der Waals surface area contributed by atoms with Gasteiger partial charge in [-0.15, -0.1) is 0 Å². The van der Waals surface area contributed by atoms with Crippen molar-refractivity contribution in [1.29, 1.82) is 0 Å². The molecule has 76 valence electrons. The van der Waals surface area contributed by atoms with Crippen LogP contribution in [0.5, 0.6) is 0 Å². The van der Waals surface area contributed by atoms with Crippen LogP contribution in [0.3, 0.4) is 0 Å². The summed E-state index contributed by atoms with van der Waals surface area (Å²) >= 11 is 2.08. The summed E-state index contributed by atoms with van der Waals surface area (Å²) in [5.41, 5.74) is 1.50. The summed E-state index contributed by atoms with van der Waals surface area (Å²) in [5, 5.41) is 3.44. The molecule has 13 heavy (non-hydrogen) atoms. The molecule has 1 atom stereocenters. The van der Waals surface area contributed by atoms with Crippen molar-refractivity contribution in [2.24, 2.45) is 5.92 Å². The van der Waals surface area contributed by atoms with Crippen molar-refractivity contribution in [2.45, 2.75) is 33.2 Å². The lowest BCUT2D eigenvalue weighted by Gasteiger charge is -2.09. The highest BCUT2D eigenvalue weighted by Crippen LogP contribution is 2.25. The third kappa shape index (κ3) is 4.72. The van der Waals surface area contributed by atoms with Gasteiger partial charge in [-0.25, -0.2) is 0 Å². The lowest BCUT2D eigenvalue weighted by atomic mass is 10.1. The van der Waals surface area contributed by atoms with E-state index in [9.17, 15) is 0 Å². The van der Waals surface area contributed by atoms with Gasteiger partial charge in [0, 0.05) is 12.6 Å². The molecule has 1 aliphatic rings.